The lowest BCUT2D eigenvalue weighted by Crippen LogP contribution is -2.23. The van der Waals surface area contributed by atoms with Crippen molar-refractivity contribution >= 4 is 33.0 Å². The Morgan fingerprint density at radius 1 is 1.08 bits per heavy atom. The molecule has 0 unspecified atom stereocenters. The minimum Gasteiger partial charge on any atom is -0.493 e. The van der Waals surface area contributed by atoms with E-state index in [2.05, 4.69) is 26.0 Å². The quantitative estimate of drug-likeness (QED) is 0.254. The number of aromatic nitrogens is 2. The van der Waals surface area contributed by atoms with Crippen LogP contribution in [0.1, 0.15) is 36.7 Å². The molecule has 0 bridgehead atoms. The smallest absolute Gasteiger partial charge is 0.282 e. The summed E-state index contributed by atoms with van der Waals surface area (Å²) in [4.78, 5) is 17.9. The van der Waals surface area contributed by atoms with E-state index >= 15 is 0 Å². The maximum atomic E-state index is 13.5. The summed E-state index contributed by atoms with van der Waals surface area (Å²) >= 11 is 3.41. The van der Waals surface area contributed by atoms with Crippen molar-refractivity contribution in [2.24, 2.45) is 5.10 Å². The Morgan fingerprint density at radius 2 is 1.81 bits per heavy atom. The van der Waals surface area contributed by atoms with Crippen LogP contribution in [0.5, 0.6) is 17.2 Å². The second kappa shape index (κ2) is 10.9. The van der Waals surface area contributed by atoms with Gasteiger partial charge in [0.15, 0.2) is 11.5 Å². The van der Waals surface area contributed by atoms with Crippen LogP contribution >= 0.6 is 15.9 Å². The van der Waals surface area contributed by atoms with Crippen LogP contribution in [0, 0.1) is 5.82 Å². The summed E-state index contributed by atoms with van der Waals surface area (Å²) in [6.45, 7) is 4.04. The summed E-state index contributed by atoms with van der Waals surface area (Å²) in [6, 6.07) is 15.0. The number of fused-ring (bicyclic) bond motifs is 1. The lowest BCUT2D eigenvalue weighted by Gasteiger charge is -2.15. The van der Waals surface area contributed by atoms with Crippen LogP contribution in [0.4, 0.5) is 4.39 Å². The number of rotatable bonds is 8. The molecule has 0 saturated carbocycles. The molecule has 0 spiro atoms. The van der Waals surface area contributed by atoms with Crippen molar-refractivity contribution < 1.29 is 18.6 Å². The fourth-order valence-corrected chi connectivity index (χ4v) is 4.04. The van der Waals surface area contributed by atoms with Gasteiger partial charge in [-0.25, -0.2) is 9.37 Å². The molecule has 9 heteroatoms. The van der Waals surface area contributed by atoms with Gasteiger partial charge in [0.25, 0.3) is 5.56 Å². The highest BCUT2D eigenvalue weighted by Crippen LogP contribution is 2.38. The summed E-state index contributed by atoms with van der Waals surface area (Å²) in [5.74, 6) is 1.35. The second-order valence-electron chi connectivity index (χ2n) is 8.32. The summed E-state index contributed by atoms with van der Waals surface area (Å²) in [5.41, 5.74) is 1.63. The first kappa shape index (κ1) is 25.4. The van der Waals surface area contributed by atoms with Crippen molar-refractivity contribution in [2.45, 2.75) is 26.4 Å². The molecule has 4 aromatic rings. The van der Waals surface area contributed by atoms with Crippen molar-refractivity contribution in [1.82, 2.24) is 9.66 Å². The molecule has 36 heavy (non-hydrogen) atoms. The molecule has 0 N–H and O–H groups in total. The van der Waals surface area contributed by atoms with E-state index in [4.69, 9.17) is 14.2 Å². The Kier molecular flexibility index (Phi) is 7.69. The number of ether oxygens (including phenoxy) is 3. The van der Waals surface area contributed by atoms with E-state index in [1.54, 1.807) is 42.6 Å². The summed E-state index contributed by atoms with van der Waals surface area (Å²) in [7, 11) is 3.02. The standard InChI is InChI=1S/C27H25BrFN3O4/c1-16(2)26-31-22-9-8-19(28)13-21(22)27(33)32(26)30-14-18-11-23(34-3)25(24(12-18)35-4)36-15-17-6-5-7-20(29)10-17/h5-14,16H,15H2,1-4H3. The number of benzene rings is 3. The predicted octanol–water partition coefficient (Wildman–Crippen LogP) is 5.90. The molecule has 0 saturated heterocycles. The fraction of sp³-hybridized carbons (Fsp3) is 0.222. The summed E-state index contributed by atoms with van der Waals surface area (Å²) in [6.07, 6.45) is 1.54. The monoisotopic (exact) mass is 553 g/mol. The van der Waals surface area contributed by atoms with Crippen molar-refractivity contribution in [3.05, 3.63) is 92.2 Å². The zero-order chi connectivity index (χ0) is 25.8. The van der Waals surface area contributed by atoms with Gasteiger partial charge in [-0.3, -0.25) is 4.79 Å². The molecule has 1 heterocycles. The zero-order valence-electron chi connectivity index (χ0n) is 20.3. The normalized spacial score (nSPS) is 11.4. The predicted molar refractivity (Wildman–Crippen MR) is 141 cm³/mol. The number of hydrogen-bond donors (Lipinski definition) is 0. The molecular weight excluding hydrogens is 529 g/mol. The van der Waals surface area contributed by atoms with Crippen molar-refractivity contribution in [1.29, 1.82) is 0 Å². The average Bonchev–Trinajstić information content (AvgIpc) is 2.86. The van der Waals surface area contributed by atoms with Gasteiger partial charge in [-0.1, -0.05) is 41.9 Å². The van der Waals surface area contributed by atoms with Crippen molar-refractivity contribution in [3.8, 4) is 17.2 Å². The SMILES string of the molecule is COc1cc(C=Nn2c(C(C)C)nc3ccc(Br)cc3c2=O)cc(OC)c1OCc1cccc(F)c1. The van der Waals surface area contributed by atoms with E-state index < -0.39 is 0 Å². The number of halogens is 2. The van der Waals surface area contributed by atoms with Gasteiger partial charge in [-0.05, 0) is 48.0 Å². The van der Waals surface area contributed by atoms with E-state index in [-0.39, 0.29) is 23.9 Å². The van der Waals surface area contributed by atoms with Gasteiger partial charge in [0.2, 0.25) is 5.75 Å². The van der Waals surface area contributed by atoms with Crippen LogP contribution < -0.4 is 19.8 Å². The second-order valence-corrected chi connectivity index (χ2v) is 9.24. The minimum absolute atomic E-state index is 0.0365. The topological polar surface area (TPSA) is 74.9 Å². The first-order valence-corrected chi connectivity index (χ1v) is 12.0. The molecule has 0 aliphatic rings. The van der Waals surface area contributed by atoms with Gasteiger partial charge in [0.1, 0.15) is 18.2 Å². The van der Waals surface area contributed by atoms with Gasteiger partial charge in [0.05, 0.1) is 31.3 Å². The molecule has 0 fully saturated rings. The Labute approximate surface area is 216 Å². The van der Waals surface area contributed by atoms with E-state index in [9.17, 15) is 9.18 Å². The lowest BCUT2D eigenvalue weighted by atomic mass is 10.2. The lowest BCUT2D eigenvalue weighted by molar-refractivity contribution is 0.265. The van der Waals surface area contributed by atoms with Crippen LogP contribution in [0.25, 0.3) is 10.9 Å². The van der Waals surface area contributed by atoms with E-state index in [1.807, 2.05) is 19.9 Å². The summed E-state index contributed by atoms with van der Waals surface area (Å²) < 4.78 is 32.6. The number of methoxy groups -OCH3 is 2. The maximum absolute atomic E-state index is 13.5. The third-order valence-corrected chi connectivity index (χ3v) is 5.92. The zero-order valence-corrected chi connectivity index (χ0v) is 21.9. The summed E-state index contributed by atoms with van der Waals surface area (Å²) in [5, 5.41) is 4.93. The molecule has 4 rings (SSSR count). The van der Waals surface area contributed by atoms with Gasteiger partial charge in [-0.15, -0.1) is 0 Å². The van der Waals surface area contributed by atoms with Gasteiger partial charge in [0, 0.05) is 16.0 Å². The van der Waals surface area contributed by atoms with Crippen LogP contribution in [-0.2, 0) is 6.61 Å². The van der Waals surface area contributed by atoms with Crippen molar-refractivity contribution in [2.75, 3.05) is 14.2 Å². The van der Waals surface area contributed by atoms with Crippen molar-refractivity contribution in [3.63, 3.8) is 0 Å². The average molecular weight is 554 g/mol. The molecule has 0 amide bonds. The molecule has 0 aliphatic carbocycles. The van der Waals surface area contributed by atoms with Gasteiger partial charge in [-0.2, -0.15) is 9.78 Å². The largest absolute Gasteiger partial charge is 0.493 e. The Hall–Kier alpha value is -3.72. The first-order valence-electron chi connectivity index (χ1n) is 11.2. The van der Waals surface area contributed by atoms with Gasteiger partial charge >= 0.3 is 0 Å². The molecule has 186 valence electrons. The molecule has 0 aliphatic heterocycles. The van der Waals surface area contributed by atoms with Crippen LogP contribution in [0.15, 0.2) is 69.0 Å². The van der Waals surface area contributed by atoms with E-state index in [0.717, 1.165) is 4.47 Å². The molecular formula is C27H25BrFN3O4. The van der Waals surface area contributed by atoms with Crippen LogP contribution in [-0.4, -0.2) is 30.1 Å². The van der Waals surface area contributed by atoms with Gasteiger partial charge < -0.3 is 14.2 Å². The Bertz CT molecular complexity index is 1480. The number of hydrogen-bond acceptors (Lipinski definition) is 6. The highest BCUT2D eigenvalue weighted by Gasteiger charge is 2.16. The minimum atomic E-state index is -0.340. The Balaban J connectivity index is 1.72. The highest BCUT2D eigenvalue weighted by atomic mass is 79.9. The first-order chi connectivity index (χ1) is 17.3. The van der Waals surface area contributed by atoms with Crippen LogP contribution in [0.2, 0.25) is 0 Å². The highest BCUT2D eigenvalue weighted by molar-refractivity contribution is 9.10. The van der Waals surface area contributed by atoms with E-state index in [1.165, 1.54) is 31.0 Å². The molecule has 0 atom stereocenters. The Morgan fingerprint density at radius 3 is 2.44 bits per heavy atom. The fourth-order valence-electron chi connectivity index (χ4n) is 3.67. The number of nitrogens with zero attached hydrogens (tertiary/aromatic N) is 3. The van der Waals surface area contributed by atoms with Crippen LogP contribution in [0.3, 0.4) is 0 Å². The van der Waals surface area contributed by atoms with E-state index in [0.29, 0.717) is 45.1 Å². The molecule has 0 radical (unpaired) electrons. The molecule has 7 nitrogen and oxygen atoms in total. The molecule has 1 aromatic heterocycles. The molecule has 3 aromatic carbocycles. The third kappa shape index (κ3) is 5.41. The third-order valence-electron chi connectivity index (χ3n) is 5.43. The maximum Gasteiger partial charge on any atom is 0.282 e.